The van der Waals surface area contributed by atoms with Crippen LogP contribution in [0.5, 0.6) is 0 Å². The summed E-state index contributed by atoms with van der Waals surface area (Å²) >= 11 is 0. The molecule has 0 aliphatic heterocycles. The monoisotopic (exact) mass is 285 g/mol. The predicted octanol–water partition coefficient (Wildman–Crippen LogP) is 0.652. The lowest BCUT2D eigenvalue weighted by molar-refractivity contribution is -0.146. The maximum Gasteiger partial charge on any atom is 0.307 e. The summed E-state index contributed by atoms with van der Waals surface area (Å²) in [5, 5.41) is 12.0. The summed E-state index contributed by atoms with van der Waals surface area (Å²) in [7, 11) is 1.59. The molecule has 0 radical (unpaired) electrons. The number of carbonyl (C=O) groups excluding carboxylic acids is 1. The van der Waals surface area contributed by atoms with E-state index in [-0.39, 0.29) is 24.2 Å². The Morgan fingerprint density at radius 1 is 1.35 bits per heavy atom. The number of amides is 1. The van der Waals surface area contributed by atoms with Crippen molar-refractivity contribution < 1.29 is 24.2 Å². The number of carboxylic acids is 1. The second-order valence-electron chi connectivity index (χ2n) is 6.16. The number of ether oxygens (including phenoxy) is 2. The Morgan fingerprint density at radius 3 is 2.45 bits per heavy atom. The maximum atomic E-state index is 12.2. The van der Waals surface area contributed by atoms with E-state index in [1.807, 2.05) is 20.8 Å². The van der Waals surface area contributed by atoms with Crippen molar-refractivity contribution in [2.75, 3.05) is 13.7 Å². The second-order valence-corrected chi connectivity index (χ2v) is 6.16. The number of carboxylic acid groups (broad SMARTS) is 1. The Kier molecular flexibility index (Phi) is 4.07. The number of hydrogen-bond acceptors (Lipinski definition) is 4. The van der Waals surface area contributed by atoms with Crippen LogP contribution >= 0.6 is 0 Å². The van der Waals surface area contributed by atoms with Crippen LogP contribution in [-0.4, -0.2) is 48.9 Å². The van der Waals surface area contributed by atoms with E-state index < -0.39 is 23.2 Å². The lowest BCUT2D eigenvalue weighted by Gasteiger charge is -2.43. The van der Waals surface area contributed by atoms with E-state index in [9.17, 15) is 9.59 Å². The van der Waals surface area contributed by atoms with Crippen molar-refractivity contribution in [1.82, 2.24) is 5.32 Å². The summed E-state index contributed by atoms with van der Waals surface area (Å²) < 4.78 is 10.8. The minimum absolute atomic E-state index is 0.0118. The zero-order chi connectivity index (χ0) is 15.1. The van der Waals surface area contributed by atoms with Crippen molar-refractivity contribution in [1.29, 1.82) is 0 Å². The molecule has 20 heavy (non-hydrogen) atoms. The van der Waals surface area contributed by atoms with Crippen molar-refractivity contribution in [3.05, 3.63) is 0 Å². The van der Waals surface area contributed by atoms with Gasteiger partial charge in [0.15, 0.2) is 0 Å². The average Bonchev–Trinajstić information content (AvgIpc) is 2.91. The van der Waals surface area contributed by atoms with Crippen molar-refractivity contribution in [3.63, 3.8) is 0 Å². The van der Waals surface area contributed by atoms with Crippen LogP contribution in [0.4, 0.5) is 0 Å². The van der Waals surface area contributed by atoms with Crippen LogP contribution < -0.4 is 5.32 Å². The molecular formula is C14H23NO5. The minimum Gasteiger partial charge on any atom is -0.481 e. The zero-order valence-electron chi connectivity index (χ0n) is 12.4. The summed E-state index contributed by atoms with van der Waals surface area (Å²) in [6.07, 6.45) is 0.574. The highest BCUT2D eigenvalue weighted by Crippen LogP contribution is 2.58. The maximum absolute atomic E-state index is 12.2. The first-order chi connectivity index (χ1) is 9.34. The van der Waals surface area contributed by atoms with Crippen molar-refractivity contribution in [2.45, 2.75) is 45.4 Å². The number of hydrogen-bond donors (Lipinski definition) is 2. The SMILES string of the molecule is CCOC1CC(NC(=O)[C@@H]2[C@H](C(=O)O)C2(C)C)C1OC. The zero-order valence-corrected chi connectivity index (χ0v) is 12.4. The third-order valence-electron chi connectivity index (χ3n) is 4.61. The van der Waals surface area contributed by atoms with E-state index in [0.29, 0.717) is 13.0 Å². The number of methoxy groups -OCH3 is 1. The standard InChI is InChI=1S/C14H23NO5/c1-5-20-8-6-7(11(8)19-4)15-12(16)9-10(13(17)18)14(9,2)3/h7-11H,5-6H2,1-4H3,(H,15,16)(H,17,18)/t7?,8?,9-,10+,11?/m0/s1. The molecule has 2 aliphatic rings. The first kappa shape index (κ1) is 15.3. The molecule has 0 aromatic carbocycles. The van der Waals surface area contributed by atoms with Crippen molar-refractivity contribution in [2.24, 2.45) is 17.3 Å². The molecule has 0 saturated heterocycles. The molecule has 2 N–H and O–H groups in total. The summed E-state index contributed by atoms with van der Waals surface area (Å²) in [6.45, 7) is 6.16. The average molecular weight is 285 g/mol. The van der Waals surface area contributed by atoms with E-state index in [1.165, 1.54) is 0 Å². The summed E-state index contributed by atoms with van der Waals surface area (Å²) in [5.74, 6) is -2.14. The molecule has 1 amide bonds. The Bertz CT molecular complexity index is 408. The molecule has 2 rings (SSSR count). The molecule has 0 aromatic heterocycles. The highest BCUT2D eigenvalue weighted by atomic mass is 16.5. The molecule has 2 aliphatic carbocycles. The Balaban J connectivity index is 1.89. The van der Waals surface area contributed by atoms with Crippen LogP contribution in [0.2, 0.25) is 0 Å². The topological polar surface area (TPSA) is 84.9 Å². The minimum atomic E-state index is -0.903. The van der Waals surface area contributed by atoms with Gasteiger partial charge in [-0.3, -0.25) is 9.59 Å². The molecule has 5 atom stereocenters. The van der Waals surface area contributed by atoms with Crippen LogP contribution in [0.15, 0.2) is 0 Å². The second kappa shape index (κ2) is 5.33. The summed E-state index contributed by atoms with van der Waals surface area (Å²) in [4.78, 5) is 23.3. The molecule has 114 valence electrons. The molecule has 2 fully saturated rings. The first-order valence-electron chi connectivity index (χ1n) is 7.02. The van der Waals surface area contributed by atoms with Gasteiger partial charge in [0.05, 0.1) is 24.0 Å². The predicted molar refractivity (Wildman–Crippen MR) is 71.2 cm³/mol. The van der Waals surface area contributed by atoms with E-state index in [2.05, 4.69) is 5.32 Å². The number of aliphatic carboxylic acids is 1. The highest BCUT2D eigenvalue weighted by Gasteiger charge is 2.66. The summed E-state index contributed by atoms with van der Waals surface area (Å²) in [5.41, 5.74) is -0.471. The van der Waals surface area contributed by atoms with Gasteiger partial charge in [0.2, 0.25) is 5.91 Å². The van der Waals surface area contributed by atoms with E-state index in [1.54, 1.807) is 7.11 Å². The largest absolute Gasteiger partial charge is 0.481 e. The van der Waals surface area contributed by atoms with Gasteiger partial charge in [-0.25, -0.2) is 0 Å². The van der Waals surface area contributed by atoms with Crippen LogP contribution in [0.3, 0.4) is 0 Å². The lowest BCUT2D eigenvalue weighted by Crippen LogP contribution is -2.61. The van der Waals surface area contributed by atoms with E-state index in [4.69, 9.17) is 14.6 Å². The molecule has 0 spiro atoms. The molecule has 0 aromatic rings. The molecule has 2 saturated carbocycles. The van der Waals surface area contributed by atoms with Gasteiger partial charge in [0.25, 0.3) is 0 Å². The van der Waals surface area contributed by atoms with Gasteiger partial charge >= 0.3 is 5.97 Å². The number of rotatable bonds is 6. The number of nitrogens with one attached hydrogen (secondary N) is 1. The first-order valence-corrected chi connectivity index (χ1v) is 7.02. The fraction of sp³-hybridized carbons (Fsp3) is 0.857. The van der Waals surface area contributed by atoms with Gasteiger partial charge in [-0.15, -0.1) is 0 Å². The molecule has 0 heterocycles. The van der Waals surface area contributed by atoms with Gasteiger partial charge in [-0.2, -0.15) is 0 Å². The molecular weight excluding hydrogens is 262 g/mol. The van der Waals surface area contributed by atoms with Crippen LogP contribution in [-0.2, 0) is 19.1 Å². The third kappa shape index (κ3) is 2.42. The van der Waals surface area contributed by atoms with E-state index in [0.717, 1.165) is 0 Å². The van der Waals surface area contributed by atoms with Crippen LogP contribution in [0.25, 0.3) is 0 Å². The fourth-order valence-electron chi connectivity index (χ4n) is 3.28. The smallest absolute Gasteiger partial charge is 0.307 e. The Hall–Kier alpha value is -1.14. The fourth-order valence-corrected chi connectivity index (χ4v) is 3.28. The lowest BCUT2D eigenvalue weighted by atomic mass is 9.85. The quantitative estimate of drug-likeness (QED) is 0.748. The van der Waals surface area contributed by atoms with Gasteiger partial charge < -0.3 is 19.9 Å². The van der Waals surface area contributed by atoms with Crippen LogP contribution in [0, 0.1) is 17.3 Å². The van der Waals surface area contributed by atoms with Crippen molar-refractivity contribution in [3.8, 4) is 0 Å². The summed E-state index contributed by atoms with van der Waals surface area (Å²) in [6, 6.07) is -0.0881. The molecule has 3 unspecified atom stereocenters. The highest BCUT2D eigenvalue weighted by molar-refractivity contribution is 5.91. The van der Waals surface area contributed by atoms with Gasteiger partial charge in [-0.1, -0.05) is 13.8 Å². The normalized spacial score (nSPS) is 37.9. The van der Waals surface area contributed by atoms with Crippen LogP contribution in [0.1, 0.15) is 27.2 Å². The van der Waals surface area contributed by atoms with Crippen molar-refractivity contribution >= 4 is 11.9 Å². The Morgan fingerprint density at radius 2 is 2.00 bits per heavy atom. The Labute approximate surface area is 118 Å². The van der Waals surface area contributed by atoms with E-state index >= 15 is 0 Å². The number of carbonyl (C=O) groups is 2. The molecule has 6 nitrogen and oxygen atoms in total. The molecule has 0 bridgehead atoms. The van der Waals surface area contributed by atoms with Gasteiger partial charge in [-0.05, 0) is 18.8 Å². The van der Waals surface area contributed by atoms with Gasteiger partial charge in [0, 0.05) is 13.7 Å². The van der Waals surface area contributed by atoms with Gasteiger partial charge in [0.1, 0.15) is 6.10 Å². The molecule has 6 heteroatoms. The third-order valence-corrected chi connectivity index (χ3v) is 4.61.